The van der Waals surface area contributed by atoms with Crippen molar-refractivity contribution < 1.29 is 13.9 Å². The van der Waals surface area contributed by atoms with Crippen LogP contribution in [0.3, 0.4) is 0 Å². The molecule has 0 aromatic heterocycles. The zero-order chi connectivity index (χ0) is 17.4. The van der Waals surface area contributed by atoms with E-state index in [1.54, 1.807) is 6.07 Å². The van der Waals surface area contributed by atoms with Crippen molar-refractivity contribution in [3.63, 3.8) is 0 Å². The van der Waals surface area contributed by atoms with Crippen LogP contribution < -0.4 is 15.8 Å². The average molecular weight is 367 g/mol. The van der Waals surface area contributed by atoms with Gasteiger partial charge in [-0.3, -0.25) is 4.79 Å². The number of rotatable bonds is 8. The zero-order valence-electron chi connectivity index (χ0n) is 14.2. The molecule has 2 rings (SSSR count). The Hall–Kier alpha value is -2.11. The minimum atomic E-state index is -0.455. The first-order valence-corrected chi connectivity index (χ1v) is 8.08. The molecule has 0 unspecified atom stereocenters. The van der Waals surface area contributed by atoms with Gasteiger partial charge in [-0.2, -0.15) is 0 Å². The van der Waals surface area contributed by atoms with E-state index in [0.29, 0.717) is 25.3 Å². The van der Waals surface area contributed by atoms with Gasteiger partial charge in [0.2, 0.25) is 5.91 Å². The van der Waals surface area contributed by atoms with Gasteiger partial charge >= 0.3 is 0 Å². The van der Waals surface area contributed by atoms with E-state index in [2.05, 4.69) is 5.32 Å². The molecule has 1 atom stereocenters. The van der Waals surface area contributed by atoms with E-state index in [1.165, 1.54) is 12.1 Å². The van der Waals surface area contributed by atoms with E-state index in [4.69, 9.17) is 10.5 Å². The Labute approximate surface area is 154 Å². The minimum absolute atomic E-state index is 0. The molecular weight excluding hydrogens is 343 g/mol. The van der Waals surface area contributed by atoms with Crippen molar-refractivity contribution in [3.8, 4) is 5.75 Å². The molecule has 4 nitrogen and oxygen atoms in total. The number of hydrogen-bond donors (Lipinski definition) is 2. The topological polar surface area (TPSA) is 64.4 Å². The summed E-state index contributed by atoms with van der Waals surface area (Å²) >= 11 is 0. The summed E-state index contributed by atoms with van der Waals surface area (Å²) in [6.45, 7) is 2.73. The first kappa shape index (κ1) is 20.9. The van der Waals surface area contributed by atoms with E-state index in [9.17, 15) is 9.18 Å². The van der Waals surface area contributed by atoms with E-state index in [0.717, 1.165) is 17.5 Å². The summed E-state index contributed by atoms with van der Waals surface area (Å²) in [4.78, 5) is 11.8. The molecule has 25 heavy (non-hydrogen) atoms. The van der Waals surface area contributed by atoms with Crippen LogP contribution in [0.2, 0.25) is 0 Å². The number of nitrogens with two attached hydrogens (primary N) is 1. The monoisotopic (exact) mass is 366 g/mol. The predicted molar refractivity (Wildman–Crippen MR) is 99.2 cm³/mol. The molecule has 0 aliphatic carbocycles. The summed E-state index contributed by atoms with van der Waals surface area (Å²) < 4.78 is 18.7. The van der Waals surface area contributed by atoms with Crippen molar-refractivity contribution in [1.29, 1.82) is 0 Å². The van der Waals surface area contributed by atoms with E-state index < -0.39 is 6.04 Å². The number of nitrogens with one attached hydrogen (secondary N) is 1. The molecule has 136 valence electrons. The molecule has 0 spiro atoms. The van der Waals surface area contributed by atoms with Gasteiger partial charge in [-0.25, -0.2) is 4.39 Å². The molecule has 2 aromatic rings. The fourth-order valence-electron chi connectivity index (χ4n) is 2.26. The summed E-state index contributed by atoms with van der Waals surface area (Å²) in [5.74, 6) is 0.281. The lowest BCUT2D eigenvalue weighted by molar-refractivity contribution is -0.122. The van der Waals surface area contributed by atoms with Crippen LogP contribution in [-0.4, -0.2) is 11.9 Å². The maximum atomic E-state index is 13.1. The number of ether oxygens (including phenoxy) is 1. The van der Waals surface area contributed by atoms with Crippen LogP contribution in [0.25, 0.3) is 0 Å². The molecule has 0 bridgehead atoms. The number of hydrogen-bond acceptors (Lipinski definition) is 3. The highest BCUT2D eigenvalue weighted by atomic mass is 35.5. The summed E-state index contributed by atoms with van der Waals surface area (Å²) in [7, 11) is 0. The Morgan fingerprint density at radius 1 is 1.20 bits per heavy atom. The normalized spacial score (nSPS) is 11.3. The van der Waals surface area contributed by atoms with Gasteiger partial charge in [0, 0.05) is 6.54 Å². The SMILES string of the molecule is CCC[C@H](N)C(=O)NCc1ccc(OCc2cccc(F)c2)cc1.Cl. The van der Waals surface area contributed by atoms with Gasteiger partial charge in [0.25, 0.3) is 0 Å². The largest absolute Gasteiger partial charge is 0.489 e. The Balaban J connectivity index is 0.00000312. The highest BCUT2D eigenvalue weighted by Crippen LogP contribution is 2.14. The Morgan fingerprint density at radius 3 is 2.56 bits per heavy atom. The maximum absolute atomic E-state index is 13.1. The molecule has 3 N–H and O–H groups in total. The lowest BCUT2D eigenvalue weighted by atomic mass is 10.1. The average Bonchev–Trinajstić information content (AvgIpc) is 2.59. The molecule has 0 heterocycles. The quantitative estimate of drug-likeness (QED) is 0.750. The molecule has 2 aromatic carbocycles. The molecule has 0 aliphatic rings. The first-order chi connectivity index (χ1) is 11.6. The highest BCUT2D eigenvalue weighted by molar-refractivity contribution is 5.85. The van der Waals surface area contributed by atoms with Crippen molar-refractivity contribution in [2.24, 2.45) is 5.73 Å². The van der Waals surface area contributed by atoms with Gasteiger partial charge < -0.3 is 15.8 Å². The Morgan fingerprint density at radius 2 is 1.92 bits per heavy atom. The van der Waals surface area contributed by atoms with E-state index in [1.807, 2.05) is 37.3 Å². The molecular formula is C19H24ClFN2O2. The lowest BCUT2D eigenvalue weighted by Gasteiger charge is -2.11. The number of carbonyl (C=O) groups is 1. The molecule has 0 fully saturated rings. The maximum Gasteiger partial charge on any atom is 0.237 e. The van der Waals surface area contributed by atoms with E-state index in [-0.39, 0.29) is 24.1 Å². The van der Waals surface area contributed by atoms with Crippen LogP contribution >= 0.6 is 12.4 Å². The van der Waals surface area contributed by atoms with Gasteiger partial charge in [0.05, 0.1) is 6.04 Å². The molecule has 0 saturated heterocycles. The Bertz CT molecular complexity index is 665. The molecule has 0 aliphatic heterocycles. The zero-order valence-corrected chi connectivity index (χ0v) is 15.0. The first-order valence-electron chi connectivity index (χ1n) is 8.08. The second kappa shape index (κ2) is 10.7. The van der Waals surface area contributed by atoms with Crippen LogP contribution in [0.1, 0.15) is 30.9 Å². The minimum Gasteiger partial charge on any atom is -0.489 e. The van der Waals surface area contributed by atoms with Crippen molar-refractivity contribution in [2.75, 3.05) is 0 Å². The third kappa shape index (κ3) is 7.11. The number of benzene rings is 2. The molecule has 0 radical (unpaired) electrons. The van der Waals surface area contributed by atoms with Crippen molar-refractivity contribution in [3.05, 3.63) is 65.5 Å². The van der Waals surface area contributed by atoms with Gasteiger partial charge in [-0.1, -0.05) is 37.6 Å². The van der Waals surface area contributed by atoms with Crippen LogP contribution in [0, 0.1) is 5.82 Å². The summed E-state index contributed by atoms with van der Waals surface area (Å²) in [5.41, 5.74) is 7.50. The standard InChI is InChI=1S/C19H23FN2O2.ClH/c1-2-4-18(21)19(23)22-12-14-7-9-17(10-8-14)24-13-15-5-3-6-16(20)11-15;/h3,5-11,18H,2,4,12-13,21H2,1H3,(H,22,23);1H/t18-;/m0./s1. The predicted octanol–water partition coefficient (Wildman–Crippen LogP) is 3.57. The van der Waals surface area contributed by atoms with Crippen LogP contribution in [0.5, 0.6) is 5.75 Å². The number of carbonyl (C=O) groups excluding carboxylic acids is 1. The molecule has 6 heteroatoms. The van der Waals surface area contributed by atoms with Crippen LogP contribution in [0.4, 0.5) is 4.39 Å². The summed E-state index contributed by atoms with van der Waals surface area (Å²) in [6.07, 6.45) is 1.56. The van der Waals surface area contributed by atoms with Gasteiger partial charge in [0.1, 0.15) is 18.2 Å². The number of amides is 1. The third-order valence-corrected chi connectivity index (χ3v) is 3.62. The smallest absolute Gasteiger partial charge is 0.237 e. The van der Waals surface area contributed by atoms with Gasteiger partial charge in [0.15, 0.2) is 0 Å². The summed E-state index contributed by atoms with van der Waals surface area (Å²) in [5, 5.41) is 2.82. The number of halogens is 2. The van der Waals surface area contributed by atoms with Crippen LogP contribution in [0.15, 0.2) is 48.5 Å². The Kier molecular flexibility index (Phi) is 8.95. The highest BCUT2D eigenvalue weighted by Gasteiger charge is 2.11. The third-order valence-electron chi connectivity index (χ3n) is 3.62. The van der Waals surface area contributed by atoms with Crippen molar-refractivity contribution >= 4 is 18.3 Å². The van der Waals surface area contributed by atoms with Crippen molar-refractivity contribution in [2.45, 2.75) is 39.0 Å². The second-order valence-corrected chi connectivity index (χ2v) is 5.68. The fourth-order valence-corrected chi connectivity index (χ4v) is 2.26. The fraction of sp³-hybridized carbons (Fsp3) is 0.316. The van der Waals surface area contributed by atoms with Crippen molar-refractivity contribution in [1.82, 2.24) is 5.32 Å². The van der Waals surface area contributed by atoms with Gasteiger partial charge in [-0.05, 0) is 41.8 Å². The van der Waals surface area contributed by atoms with Gasteiger partial charge in [-0.15, -0.1) is 12.4 Å². The molecule has 1 amide bonds. The van der Waals surface area contributed by atoms with E-state index >= 15 is 0 Å². The lowest BCUT2D eigenvalue weighted by Crippen LogP contribution is -2.40. The molecule has 0 saturated carbocycles. The summed E-state index contributed by atoms with van der Waals surface area (Å²) in [6, 6.07) is 13.3. The van der Waals surface area contributed by atoms with Crippen LogP contribution in [-0.2, 0) is 17.9 Å². The second-order valence-electron chi connectivity index (χ2n) is 5.68.